The van der Waals surface area contributed by atoms with Crippen molar-refractivity contribution in [3.05, 3.63) is 11.5 Å². The van der Waals surface area contributed by atoms with Gasteiger partial charge in [0.25, 0.3) is 0 Å². The molecule has 0 aliphatic heterocycles. The second-order valence-electron chi connectivity index (χ2n) is 3.40. The van der Waals surface area contributed by atoms with E-state index in [4.69, 9.17) is 10.0 Å². The van der Waals surface area contributed by atoms with Gasteiger partial charge in [-0.1, -0.05) is 45.6 Å². The minimum Gasteiger partial charge on any atom is -0.423 e. The van der Waals surface area contributed by atoms with Gasteiger partial charge in [-0.3, -0.25) is 0 Å². The maximum Gasteiger partial charge on any atom is 0.483 e. The molecular formula is C10H21BO2. The molecule has 2 N–H and O–H groups in total. The van der Waals surface area contributed by atoms with Crippen molar-refractivity contribution in [1.29, 1.82) is 0 Å². The molecule has 0 amide bonds. The van der Waals surface area contributed by atoms with Crippen LogP contribution >= 0.6 is 0 Å². The Morgan fingerprint density at radius 2 is 1.77 bits per heavy atom. The van der Waals surface area contributed by atoms with E-state index in [0.29, 0.717) is 0 Å². The van der Waals surface area contributed by atoms with Crippen molar-refractivity contribution >= 4 is 7.12 Å². The minimum atomic E-state index is -1.25. The van der Waals surface area contributed by atoms with Gasteiger partial charge in [0, 0.05) is 0 Å². The van der Waals surface area contributed by atoms with Gasteiger partial charge in [-0.15, -0.1) is 0 Å². The zero-order valence-electron chi connectivity index (χ0n) is 8.79. The highest BCUT2D eigenvalue weighted by Gasteiger charge is 2.12. The largest absolute Gasteiger partial charge is 0.483 e. The second kappa shape index (κ2) is 8.33. The average Bonchev–Trinajstić information content (AvgIpc) is 2.10. The second-order valence-corrected chi connectivity index (χ2v) is 3.40. The van der Waals surface area contributed by atoms with Crippen LogP contribution < -0.4 is 0 Å². The van der Waals surface area contributed by atoms with Crippen LogP contribution in [0.1, 0.15) is 52.4 Å². The molecule has 13 heavy (non-hydrogen) atoms. The Labute approximate surface area is 81.8 Å². The number of unbranched alkanes of at least 4 members (excludes halogenated alkanes) is 3. The normalized spacial score (nSPS) is 11.8. The van der Waals surface area contributed by atoms with Gasteiger partial charge >= 0.3 is 7.12 Å². The Balaban J connectivity index is 3.84. The third kappa shape index (κ3) is 6.85. The first-order chi connectivity index (χ1) is 6.22. The number of allylic oxidation sites excluding steroid dienone is 2. The summed E-state index contributed by atoms with van der Waals surface area (Å²) in [5, 5.41) is 18.1. The molecule has 0 aromatic rings. The molecule has 0 saturated carbocycles. The molecule has 0 rings (SSSR count). The van der Waals surface area contributed by atoms with E-state index in [1.807, 2.05) is 6.08 Å². The standard InChI is InChI=1S/C10H21BO2/c1-3-5-7-9-10(11(12)13)8-6-4-2/h9,12-13H,3-8H2,1-2H3/b10-9-. The van der Waals surface area contributed by atoms with E-state index in [1.165, 1.54) is 0 Å². The maximum atomic E-state index is 9.03. The summed E-state index contributed by atoms with van der Waals surface area (Å²) in [6.45, 7) is 4.24. The molecule has 0 aromatic carbocycles. The summed E-state index contributed by atoms with van der Waals surface area (Å²) >= 11 is 0. The molecule has 0 fully saturated rings. The molecule has 0 aliphatic rings. The molecule has 3 heteroatoms. The van der Waals surface area contributed by atoms with E-state index in [0.717, 1.165) is 44.0 Å². The highest BCUT2D eigenvalue weighted by atomic mass is 16.4. The fourth-order valence-electron chi connectivity index (χ4n) is 1.21. The van der Waals surface area contributed by atoms with E-state index < -0.39 is 7.12 Å². The summed E-state index contributed by atoms with van der Waals surface area (Å²) in [6.07, 6.45) is 8.17. The van der Waals surface area contributed by atoms with Crippen molar-refractivity contribution in [2.45, 2.75) is 52.4 Å². The average molecular weight is 184 g/mol. The molecule has 0 bridgehead atoms. The van der Waals surface area contributed by atoms with Gasteiger partial charge < -0.3 is 10.0 Å². The third-order valence-electron chi connectivity index (χ3n) is 2.11. The predicted octanol–water partition coefficient (Wildman–Crippen LogP) is 2.31. The van der Waals surface area contributed by atoms with Crippen molar-refractivity contribution in [2.75, 3.05) is 0 Å². The van der Waals surface area contributed by atoms with Crippen molar-refractivity contribution in [1.82, 2.24) is 0 Å². The van der Waals surface area contributed by atoms with E-state index in [9.17, 15) is 0 Å². The highest BCUT2D eigenvalue weighted by Crippen LogP contribution is 2.10. The van der Waals surface area contributed by atoms with Crippen LogP contribution in [0.3, 0.4) is 0 Å². The molecule has 2 nitrogen and oxygen atoms in total. The van der Waals surface area contributed by atoms with Crippen LogP contribution in [0.25, 0.3) is 0 Å². The van der Waals surface area contributed by atoms with Crippen LogP contribution in [-0.2, 0) is 0 Å². The van der Waals surface area contributed by atoms with Crippen molar-refractivity contribution in [3.63, 3.8) is 0 Å². The quantitative estimate of drug-likeness (QED) is 0.470. The van der Waals surface area contributed by atoms with Crippen molar-refractivity contribution in [3.8, 4) is 0 Å². The predicted molar refractivity (Wildman–Crippen MR) is 57.3 cm³/mol. The van der Waals surface area contributed by atoms with Gasteiger partial charge in [-0.05, 0) is 18.3 Å². The molecule has 0 saturated heterocycles. The lowest BCUT2D eigenvalue weighted by atomic mass is 9.76. The van der Waals surface area contributed by atoms with Crippen LogP contribution in [0.15, 0.2) is 11.5 Å². The molecule has 0 heterocycles. The Morgan fingerprint density at radius 1 is 1.15 bits per heavy atom. The van der Waals surface area contributed by atoms with Crippen LogP contribution in [-0.4, -0.2) is 17.2 Å². The summed E-state index contributed by atoms with van der Waals surface area (Å²) < 4.78 is 0. The summed E-state index contributed by atoms with van der Waals surface area (Å²) in [4.78, 5) is 0. The summed E-state index contributed by atoms with van der Waals surface area (Å²) in [7, 11) is -1.25. The Hall–Kier alpha value is -0.275. The number of rotatable bonds is 7. The minimum absolute atomic E-state index is 0.787. The molecule has 0 radical (unpaired) electrons. The van der Waals surface area contributed by atoms with Gasteiger partial charge in [0.1, 0.15) is 0 Å². The van der Waals surface area contributed by atoms with Crippen LogP contribution in [0, 0.1) is 0 Å². The fraction of sp³-hybridized carbons (Fsp3) is 0.800. The zero-order chi connectivity index (χ0) is 10.1. The molecule has 0 unspecified atom stereocenters. The molecule has 0 atom stereocenters. The fourth-order valence-corrected chi connectivity index (χ4v) is 1.21. The first kappa shape index (κ1) is 12.7. The summed E-state index contributed by atoms with van der Waals surface area (Å²) in [6, 6.07) is 0. The van der Waals surface area contributed by atoms with Gasteiger partial charge in [0.05, 0.1) is 0 Å². The van der Waals surface area contributed by atoms with Crippen LogP contribution in [0.2, 0.25) is 0 Å². The summed E-state index contributed by atoms with van der Waals surface area (Å²) in [5.74, 6) is 0. The van der Waals surface area contributed by atoms with Gasteiger partial charge in [-0.2, -0.15) is 0 Å². The van der Waals surface area contributed by atoms with E-state index in [2.05, 4.69) is 13.8 Å². The lowest BCUT2D eigenvalue weighted by Crippen LogP contribution is -2.15. The van der Waals surface area contributed by atoms with Crippen molar-refractivity contribution in [2.24, 2.45) is 0 Å². The zero-order valence-corrected chi connectivity index (χ0v) is 8.79. The molecular weight excluding hydrogens is 163 g/mol. The van der Waals surface area contributed by atoms with Crippen LogP contribution in [0.4, 0.5) is 0 Å². The SMILES string of the molecule is CCCC/C=C(/CCCC)B(O)O. The van der Waals surface area contributed by atoms with E-state index in [-0.39, 0.29) is 0 Å². The smallest absolute Gasteiger partial charge is 0.423 e. The Bertz CT molecular complexity index is 144. The maximum absolute atomic E-state index is 9.03. The number of hydrogen-bond donors (Lipinski definition) is 2. The van der Waals surface area contributed by atoms with Crippen molar-refractivity contribution < 1.29 is 10.0 Å². The van der Waals surface area contributed by atoms with E-state index in [1.54, 1.807) is 0 Å². The third-order valence-corrected chi connectivity index (χ3v) is 2.11. The first-order valence-corrected chi connectivity index (χ1v) is 5.27. The summed E-state index contributed by atoms with van der Waals surface area (Å²) in [5.41, 5.74) is 0.787. The van der Waals surface area contributed by atoms with Crippen LogP contribution in [0.5, 0.6) is 0 Å². The first-order valence-electron chi connectivity index (χ1n) is 5.27. The molecule has 0 spiro atoms. The number of hydrogen-bond acceptors (Lipinski definition) is 2. The monoisotopic (exact) mass is 184 g/mol. The molecule has 76 valence electrons. The lowest BCUT2D eigenvalue weighted by Gasteiger charge is -2.04. The van der Waals surface area contributed by atoms with E-state index >= 15 is 0 Å². The molecule has 0 aromatic heterocycles. The van der Waals surface area contributed by atoms with Gasteiger partial charge in [0.2, 0.25) is 0 Å². The lowest BCUT2D eigenvalue weighted by molar-refractivity contribution is 0.415. The molecule has 0 aliphatic carbocycles. The highest BCUT2D eigenvalue weighted by molar-refractivity contribution is 6.50. The van der Waals surface area contributed by atoms with Gasteiger partial charge in [0.15, 0.2) is 0 Å². The Morgan fingerprint density at radius 3 is 2.23 bits per heavy atom. The van der Waals surface area contributed by atoms with Gasteiger partial charge in [-0.25, -0.2) is 0 Å². The Kier molecular flexibility index (Phi) is 8.15. The topological polar surface area (TPSA) is 40.5 Å².